The topological polar surface area (TPSA) is 65.4 Å². The Bertz CT molecular complexity index is 888. The molecule has 3 aromatic rings. The lowest BCUT2D eigenvalue weighted by Gasteiger charge is -2.14. The molecule has 0 atom stereocenters. The molecule has 6 nitrogen and oxygen atoms in total. The predicted molar refractivity (Wildman–Crippen MR) is 107 cm³/mol. The lowest BCUT2D eigenvalue weighted by molar-refractivity contribution is 0.102. The van der Waals surface area contributed by atoms with E-state index in [0.29, 0.717) is 29.5 Å². The van der Waals surface area contributed by atoms with Gasteiger partial charge < -0.3 is 14.8 Å². The minimum absolute atomic E-state index is 0.00208. The van der Waals surface area contributed by atoms with Gasteiger partial charge in [-0.2, -0.15) is 16.4 Å². The maximum absolute atomic E-state index is 12.6. The fraction of sp³-hybridized carbons (Fsp3) is 0.300. The normalized spacial score (nSPS) is 10.8. The lowest BCUT2D eigenvalue weighted by atomic mass is 10.2. The van der Waals surface area contributed by atoms with Crippen molar-refractivity contribution in [2.45, 2.75) is 26.4 Å². The number of hydrogen-bond donors (Lipinski definition) is 1. The summed E-state index contributed by atoms with van der Waals surface area (Å²) in [5, 5.41) is 11.1. The molecule has 3 rings (SSSR count). The molecule has 0 unspecified atom stereocenters. The van der Waals surface area contributed by atoms with E-state index in [0.717, 1.165) is 6.42 Å². The number of ether oxygens (including phenoxy) is 2. The molecule has 0 fully saturated rings. The summed E-state index contributed by atoms with van der Waals surface area (Å²) in [6.45, 7) is 4.42. The molecule has 7 heteroatoms. The first-order valence-electron chi connectivity index (χ1n) is 8.76. The zero-order chi connectivity index (χ0) is 19.2. The van der Waals surface area contributed by atoms with Crippen molar-refractivity contribution in [2.24, 2.45) is 7.05 Å². The number of thiophene rings is 1. The van der Waals surface area contributed by atoms with Crippen LogP contribution in [0.5, 0.6) is 11.5 Å². The van der Waals surface area contributed by atoms with E-state index in [1.807, 2.05) is 25.3 Å². The summed E-state index contributed by atoms with van der Waals surface area (Å²) in [5.41, 5.74) is 1.70. The van der Waals surface area contributed by atoms with Crippen LogP contribution >= 0.6 is 11.3 Å². The van der Waals surface area contributed by atoms with Crippen LogP contribution in [0.3, 0.4) is 0 Å². The predicted octanol–water partition coefficient (Wildman–Crippen LogP) is 4.14. The molecule has 0 aliphatic heterocycles. The van der Waals surface area contributed by atoms with Crippen molar-refractivity contribution >= 4 is 23.1 Å². The first kappa shape index (κ1) is 19.0. The van der Waals surface area contributed by atoms with Crippen LogP contribution in [0.4, 0.5) is 5.82 Å². The molecule has 1 amide bonds. The molecule has 0 bridgehead atoms. The van der Waals surface area contributed by atoms with E-state index in [9.17, 15) is 4.79 Å². The first-order valence-corrected chi connectivity index (χ1v) is 9.70. The maximum Gasteiger partial charge on any atom is 0.257 e. The van der Waals surface area contributed by atoms with Gasteiger partial charge in [-0.05, 0) is 48.4 Å². The summed E-state index contributed by atoms with van der Waals surface area (Å²) in [6, 6.07) is 9.07. The highest BCUT2D eigenvalue weighted by Crippen LogP contribution is 2.25. The monoisotopic (exact) mass is 385 g/mol. The number of nitrogens with one attached hydrogen (secondary N) is 1. The smallest absolute Gasteiger partial charge is 0.257 e. The average Bonchev–Trinajstić information content (AvgIpc) is 3.26. The van der Waals surface area contributed by atoms with E-state index in [4.69, 9.17) is 9.47 Å². The molecule has 0 aliphatic carbocycles. The van der Waals surface area contributed by atoms with Crippen molar-refractivity contribution in [2.75, 3.05) is 11.9 Å². The first-order chi connectivity index (χ1) is 13.0. The Morgan fingerprint density at radius 2 is 2.07 bits per heavy atom. The number of benzene rings is 1. The molecule has 142 valence electrons. The standard InChI is InChI=1S/C20H23N3O3S/c1-14(2)26-18-11-16(20(24)21-19-4-7-23(3)22-19)10-17(12-18)25-8-5-15-6-9-27-13-15/h4,6-7,9-14H,5,8H2,1-3H3,(H,21,22,24). The summed E-state index contributed by atoms with van der Waals surface area (Å²) < 4.78 is 13.3. The van der Waals surface area contributed by atoms with Crippen molar-refractivity contribution in [3.63, 3.8) is 0 Å². The van der Waals surface area contributed by atoms with Crippen LogP contribution in [0.1, 0.15) is 29.8 Å². The van der Waals surface area contributed by atoms with Crippen LogP contribution in [0.25, 0.3) is 0 Å². The number of amides is 1. The van der Waals surface area contributed by atoms with Gasteiger partial charge in [0.1, 0.15) is 11.5 Å². The number of rotatable bonds is 8. The molecule has 2 aromatic heterocycles. The zero-order valence-electron chi connectivity index (χ0n) is 15.6. The quantitative estimate of drug-likeness (QED) is 0.633. The molecular weight excluding hydrogens is 362 g/mol. The van der Waals surface area contributed by atoms with Gasteiger partial charge in [0.15, 0.2) is 5.82 Å². The van der Waals surface area contributed by atoms with Crippen molar-refractivity contribution in [1.82, 2.24) is 9.78 Å². The molecule has 1 aromatic carbocycles. The van der Waals surface area contributed by atoms with Gasteiger partial charge in [0.05, 0.1) is 12.7 Å². The van der Waals surface area contributed by atoms with Gasteiger partial charge in [0, 0.05) is 37.4 Å². The van der Waals surface area contributed by atoms with E-state index in [1.165, 1.54) is 5.56 Å². The molecule has 0 aliphatic rings. The van der Waals surface area contributed by atoms with E-state index in [1.54, 1.807) is 47.5 Å². The van der Waals surface area contributed by atoms with Gasteiger partial charge in [-0.1, -0.05) is 0 Å². The number of hydrogen-bond acceptors (Lipinski definition) is 5. The second-order valence-electron chi connectivity index (χ2n) is 6.42. The number of aryl methyl sites for hydroxylation is 1. The van der Waals surface area contributed by atoms with Gasteiger partial charge in [-0.25, -0.2) is 0 Å². The Kier molecular flexibility index (Phi) is 6.13. The summed E-state index contributed by atoms with van der Waals surface area (Å²) in [5.74, 6) is 1.45. The molecule has 2 heterocycles. The number of anilines is 1. The summed E-state index contributed by atoms with van der Waals surface area (Å²) in [4.78, 5) is 12.6. The highest BCUT2D eigenvalue weighted by Gasteiger charge is 2.13. The zero-order valence-corrected chi connectivity index (χ0v) is 16.5. The molecule has 0 spiro atoms. The molecule has 27 heavy (non-hydrogen) atoms. The van der Waals surface area contributed by atoms with Gasteiger partial charge in [-0.15, -0.1) is 0 Å². The third-order valence-electron chi connectivity index (χ3n) is 3.71. The Labute approximate surface area is 162 Å². The van der Waals surface area contributed by atoms with Crippen molar-refractivity contribution in [3.8, 4) is 11.5 Å². The van der Waals surface area contributed by atoms with E-state index >= 15 is 0 Å². The van der Waals surface area contributed by atoms with Gasteiger partial charge in [-0.3, -0.25) is 9.48 Å². The van der Waals surface area contributed by atoms with Crippen LogP contribution < -0.4 is 14.8 Å². The number of carbonyl (C=O) groups is 1. The Morgan fingerprint density at radius 1 is 1.26 bits per heavy atom. The summed E-state index contributed by atoms with van der Waals surface area (Å²) >= 11 is 1.67. The van der Waals surface area contributed by atoms with Crippen LogP contribution in [0.15, 0.2) is 47.3 Å². The molecule has 0 saturated carbocycles. The van der Waals surface area contributed by atoms with Crippen LogP contribution in [-0.4, -0.2) is 28.4 Å². The van der Waals surface area contributed by atoms with E-state index in [-0.39, 0.29) is 12.0 Å². The average molecular weight is 385 g/mol. The molecule has 0 saturated heterocycles. The fourth-order valence-electron chi connectivity index (χ4n) is 2.52. The third kappa shape index (κ3) is 5.59. The van der Waals surface area contributed by atoms with E-state index in [2.05, 4.69) is 21.9 Å². The largest absolute Gasteiger partial charge is 0.493 e. The minimum atomic E-state index is -0.259. The fourth-order valence-corrected chi connectivity index (χ4v) is 3.22. The minimum Gasteiger partial charge on any atom is -0.493 e. The van der Waals surface area contributed by atoms with Gasteiger partial charge in [0.25, 0.3) is 5.91 Å². The molecule has 1 N–H and O–H groups in total. The highest BCUT2D eigenvalue weighted by atomic mass is 32.1. The number of nitrogens with zero attached hydrogens (tertiary/aromatic N) is 2. The molecular formula is C20H23N3O3S. The second kappa shape index (κ2) is 8.73. The van der Waals surface area contributed by atoms with Crippen LogP contribution in [0, 0.1) is 0 Å². The van der Waals surface area contributed by atoms with Gasteiger partial charge in [0.2, 0.25) is 0 Å². The Balaban J connectivity index is 1.73. The summed E-state index contributed by atoms with van der Waals surface area (Å²) in [6.07, 6.45) is 2.58. The van der Waals surface area contributed by atoms with Crippen molar-refractivity contribution in [1.29, 1.82) is 0 Å². The molecule has 0 radical (unpaired) electrons. The van der Waals surface area contributed by atoms with Gasteiger partial charge >= 0.3 is 0 Å². The SMILES string of the molecule is CC(C)Oc1cc(OCCc2ccsc2)cc(C(=O)Nc2ccn(C)n2)c1. The van der Waals surface area contributed by atoms with Crippen LogP contribution in [-0.2, 0) is 13.5 Å². The van der Waals surface area contributed by atoms with Crippen LogP contribution in [0.2, 0.25) is 0 Å². The lowest BCUT2D eigenvalue weighted by Crippen LogP contribution is -2.14. The number of aromatic nitrogens is 2. The third-order valence-corrected chi connectivity index (χ3v) is 4.44. The van der Waals surface area contributed by atoms with E-state index < -0.39 is 0 Å². The Morgan fingerprint density at radius 3 is 2.74 bits per heavy atom. The van der Waals surface area contributed by atoms with Crippen molar-refractivity contribution in [3.05, 3.63) is 58.4 Å². The number of carbonyl (C=O) groups excluding carboxylic acids is 1. The maximum atomic E-state index is 12.6. The van der Waals surface area contributed by atoms with Crippen molar-refractivity contribution < 1.29 is 14.3 Å². The Hall–Kier alpha value is -2.80. The summed E-state index contributed by atoms with van der Waals surface area (Å²) in [7, 11) is 1.80. The highest BCUT2D eigenvalue weighted by molar-refractivity contribution is 7.07. The second-order valence-corrected chi connectivity index (χ2v) is 7.20.